The maximum absolute atomic E-state index is 9.55. The second-order valence-electron chi connectivity index (χ2n) is 3.07. The Morgan fingerprint density at radius 3 is 2.83 bits per heavy atom. The summed E-state index contributed by atoms with van der Waals surface area (Å²) in [5.41, 5.74) is 0. The highest BCUT2D eigenvalue weighted by atomic mass is 16.3. The zero-order chi connectivity index (χ0) is 8.55. The van der Waals surface area contributed by atoms with Gasteiger partial charge < -0.3 is 5.11 Å². The number of β-amino-alcohol motifs (C(OH)–C–C–N with tert-alkyl or cyclic N) is 1. The average molecular weight is 168 g/mol. The maximum atomic E-state index is 9.55. The number of hydrazine groups is 1. The van der Waals surface area contributed by atoms with Crippen molar-refractivity contribution in [3.05, 3.63) is 18.5 Å². The summed E-state index contributed by atoms with van der Waals surface area (Å²) in [6.07, 6.45) is 3.13. The molecular weight excluding hydrogens is 156 g/mol. The van der Waals surface area contributed by atoms with Crippen LogP contribution in [0, 0.1) is 0 Å². The molecule has 1 aromatic rings. The van der Waals surface area contributed by atoms with Gasteiger partial charge in [0.05, 0.1) is 12.1 Å². The molecule has 3 N–H and O–H groups in total. The van der Waals surface area contributed by atoms with E-state index >= 15 is 0 Å². The molecule has 1 aliphatic rings. The van der Waals surface area contributed by atoms with Gasteiger partial charge in [0.15, 0.2) is 0 Å². The summed E-state index contributed by atoms with van der Waals surface area (Å²) in [5, 5.41) is 15.2. The fourth-order valence-corrected chi connectivity index (χ4v) is 1.54. The molecule has 0 aliphatic carbocycles. The molecule has 1 aromatic heterocycles. The average Bonchev–Trinajstić information content (AvgIpc) is 2.58. The van der Waals surface area contributed by atoms with Gasteiger partial charge in [-0.1, -0.05) is 0 Å². The Morgan fingerprint density at radius 1 is 1.50 bits per heavy atom. The van der Waals surface area contributed by atoms with Crippen LogP contribution in [0.3, 0.4) is 0 Å². The van der Waals surface area contributed by atoms with E-state index in [4.69, 9.17) is 5.84 Å². The molecule has 0 unspecified atom stereocenters. The van der Waals surface area contributed by atoms with E-state index in [0.29, 0.717) is 13.1 Å². The van der Waals surface area contributed by atoms with Crippen LogP contribution >= 0.6 is 0 Å². The van der Waals surface area contributed by atoms with Gasteiger partial charge in [0, 0.05) is 25.5 Å². The van der Waals surface area contributed by atoms with Gasteiger partial charge in [0.1, 0.15) is 0 Å². The molecule has 5 nitrogen and oxygen atoms in total. The van der Waals surface area contributed by atoms with E-state index in [0.717, 1.165) is 0 Å². The summed E-state index contributed by atoms with van der Waals surface area (Å²) in [6, 6.07) is 1.84. The minimum absolute atomic E-state index is 0.00463. The Labute approximate surface area is 70.4 Å². The number of aromatic nitrogens is 2. The predicted molar refractivity (Wildman–Crippen MR) is 43.0 cm³/mol. The van der Waals surface area contributed by atoms with E-state index in [2.05, 4.69) is 5.10 Å². The number of aliphatic hydroxyl groups is 1. The van der Waals surface area contributed by atoms with Crippen molar-refractivity contribution in [1.29, 1.82) is 0 Å². The van der Waals surface area contributed by atoms with Gasteiger partial charge in [-0.3, -0.25) is 10.5 Å². The minimum atomic E-state index is -0.408. The summed E-state index contributed by atoms with van der Waals surface area (Å²) in [5.74, 6) is 5.55. The predicted octanol–water partition coefficient (Wildman–Crippen LogP) is -1.03. The van der Waals surface area contributed by atoms with Crippen LogP contribution in [0.1, 0.15) is 6.04 Å². The molecule has 0 aromatic carbocycles. The molecule has 0 radical (unpaired) electrons. The number of nitrogens with two attached hydrogens (primary N) is 1. The first-order valence-electron chi connectivity index (χ1n) is 3.94. The van der Waals surface area contributed by atoms with Gasteiger partial charge in [-0.25, -0.2) is 5.01 Å². The van der Waals surface area contributed by atoms with Crippen molar-refractivity contribution in [3.8, 4) is 0 Å². The molecule has 1 saturated heterocycles. The molecule has 2 atom stereocenters. The van der Waals surface area contributed by atoms with Crippen LogP contribution in [0.5, 0.6) is 0 Å². The molecule has 0 bridgehead atoms. The van der Waals surface area contributed by atoms with Crippen molar-refractivity contribution in [1.82, 2.24) is 14.8 Å². The first-order chi connectivity index (χ1) is 5.77. The van der Waals surface area contributed by atoms with Gasteiger partial charge in [0.25, 0.3) is 0 Å². The second-order valence-corrected chi connectivity index (χ2v) is 3.07. The smallest absolute Gasteiger partial charge is 0.0931 e. The van der Waals surface area contributed by atoms with E-state index in [9.17, 15) is 5.11 Å². The third kappa shape index (κ3) is 1.22. The molecule has 2 heterocycles. The van der Waals surface area contributed by atoms with Crippen molar-refractivity contribution in [3.63, 3.8) is 0 Å². The zero-order valence-corrected chi connectivity index (χ0v) is 6.67. The summed E-state index contributed by atoms with van der Waals surface area (Å²) in [7, 11) is 0. The lowest BCUT2D eigenvalue weighted by atomic mass is 10.2. The van der Waals surface area contributed by atoms with E-state index < -0.39 is 6.10 Å². The van der Waals surface area contributed by atoms with Crippen LogP contribution in [0.4, 0.5) is 0 Å². The van der Waals surface area contributed by atoms with Crippen LogP contribution in [-0.2, 0) is 0 Å². The quantitative estimate of drug-likeness (QED) is 0.526. The number of nitrogens with zero attached hydrogens (tertiary/aromatic N) is 3. The molecule has 12 heavy (non-hydrogen) atoms. The van der Waals surface area contributed by atoms with Crippen LogP contribution < -0.4 is 5.84 Å². The molecule has 5 heteroatoms. The summed E-state index contributed by atoms with van der Waals surface area (Å²) < 4.78 is 1.75. The topological polar surface area (TPSA) is 67.3 Å². The third-order valence-corrected chi connectivity index (χ3v) is 2.15. The van der Waals surface area contributed by atoms with Gasteiger partial charge in [-0.15, -0.1) is 0 Å². The van der Waals surface area contributed by atoms with E-state index in [1.807, 2.05) is 12.3 Å². The second kappa shape index (κ2) is 2.85. The molecule has 2 rings (SSSR count). The van der Waals surface area contributed by atoms with E-state index in [-0.39, 0.29) is 6.04 Å². The van der Waals surface area contributed by atoms with E-state index in [1.54, 1.807) is 15.9 Å². The number of aliphatic hydroxyl groups excluding tert-OH is 1. The van der Waals surface area contributed by atoms with Gasteiger partial charge in [-0.05, 0) is 6.07 Å². The van der Waals surface area contributed by atoms with Crippen molar-refractivity contribution in [2.75, 3.05) is 13.1 Å². The molecule has 66 valence electrons. The molecule has 0 spiro atoms. The molecular formula is C7H12N4O. The molecule has 1 aliphatic heterocycles. The molecule has 0 amide bonds. The lowest BCUT2D eigenvalue weighted by Crippen LogP contribution is -2.28. The van der Waals surface area contributed by atoms with E-state index in [1.165, 1.54) is 0 Å². The van der Waals surface area contributed by atoms with Gasteiger partial charge >= 0.3 is 0 Å². The van der Waals surface area contributed by atoms with Crippen molar-refractivity contribution in [2.45, 2.75) is 12.1 Å². The SMILES string of the molecule is NN1C[C@@H](O)[C@@H](n2cccn2)C1. The van der Waals surface area contributed by atoms with Crippen LogP contribution in [0.15, 0.2) is 18.5 Å². The Hall–Kier alpha value is -0.910. The van der Waals surface area contributed by atoms with Crippen LogP contribution in [0.2, 0.25) is 0 Å². The number of rotatable bonds is 1. The zero-order valence-electron chi connectivity index (χ0n) is 6.67. The summed E-state index contributed by atoms with van der Waals surface area (Å²) >= 11 is 0. The Bertz CT molecular complexity index is 248. The maximum Gasteiger partial charge on any atom is 0.0931 e. The van der Waals surface area contributed by atoms with Gasteiger partial charge in [0.2, 0.25) is 0 Å². The van der Waals surface area contributed by atoms with Gasteiger partial charge in [-0.2, -0.15) is 5.10 Å². The largest absolute Gasteiger partial charge is 0.389 e. The number of hydrogen-bond acceptors (Lipinski definition) is 4. The Balaban J connectivity index is 2.15. The Kier molecular flexibility index (Phi) is 1.84. The minimum Gasteiger partial charge on any atom is -0.389 e. The summed E-state index contributed by atoms with van der Waals surface area (Å²) in [4.78, 5) is 0. The lowest BCUT2D eigenvalue weighted by molar-refractivity contribution is 0.139. The summed E-state index contributed by atoms with van der Waals surface area (Å²) in [6.45, 7) is 1.17. The molecule has 1 fully saturated rings. The lowest BCUT2D eigenvalue weighted by Gasteiger charge is -2.12. The highest BCUT2D eigenvalue weighted by Crippen LogP contribution is 2.18. The fourth-order valence-electron chi connectivity index (χ4n) is 1.54. The third-order valence-electron chi connectivity index (χ3n) is 2.15. The highest BCUT2D eigenvalue weighted by molar-refractivity contribution is 4.89. The Morgan fingerprint density at radius 2 is 2.33 bits per heavy atom. The standard InChI is InChI=1S/C7H12N4O/c8-10-4-6(7(12)5-10)11-3-1-2-9-11/h1-3,6-7,12H,4-5,8H2/t6-,7+/m0/s1. The fraction of sp³-hybridized carbons (Fsp3) is 0.571. The molecule has 0 saturated carbocycles. The highest BCUT2D eigenvalue weighted by Gasteiger charge is 2.31. The van der Waals surface area contributed by atoms with Crippen LogP contribution in [0.25, 0.3) is 0 Å². The van der Waals surface area contributed by atoms with Crippen molar-refractivity contribution >= 4 is 0 Å². The first kappa shape index (κ1) is 7.72. The normalized spacial score (nSPS) is 31.2. The first-order valence-corrected chi connectivity index (χ1v) is 3.94. The van der Waals surface area contributed by atoms with Crippen molar-refractivity contribution < 1.29 is 5.11 Å². The van der Waals surface area contributed by atoms with Crippen molar-refractivity contribution in [2.24, 2.45) is 5.84 Å². The van der Waals surface area contributed by atoms with Crippen LogP contribution in [-0.4, -0.2) is 39.1 Å². The monoisotopic (exact) mass is 168 g/mol. The number of hydrogen-bond donors (Lipinski definition) is 2.